The number of hydrogen-bond acceptors (Lipinski definition) is 4. The van der Waals surface area contributed by atoms with Crippen LogP contribution in [-0.2, 0) is 9.47 Å². The molecule has 4 nitrogen and oxygen atoms in total. The van der Waals surface area contributed by atoms with Gasteiger partial charge in [-0.05, 0) is 28.8 Å². The normalized spacial score (nSPS) is 12.7. The zero-order chi connectivity index (χ0) is 14.2. The van der Waals surface area contributed by atoms with Crippen molar-refractivity contribution < 1.29 is 9.47 Å². The van der Waals surface area contributed by atoms with E-state index in [4.69, 9.17) is 15.3 Å². The average Bonchev–Trinajstić information content (AvgIpc) is 2.50. The summed E-state index contributed by atoms with van der Waals surface area (Å²) in [6, 6.07) is 14.8. The van der Waals surface area contributed by atoms with Crippen molar-refractivity contribution in [3.63, 3.8) is 0 Å². The van der Waals surface area contributed by atoms with E-state index in [-0.39, 0.29) is 6.04 Å². The van der Waals surface area contributed by atoms with Gasteiger partial charge in [-0.15, -0.1) is 0 Å². The molecule has 2 aromatic rings. The van der Waals surface area contributed by atoms with Crippen LogP contribution in [0.5, 0.6) is 0 Å². The first kappa shape index (κ1) is 14.9. The molecular formula is C16H22N2O2. The lowest BCUT2D eigenvalue weighted by molar-refractivity contribution is 0.0658. The van der Waals surface area contributed by atoms with Crippen LogP contribution in [0.4, 0.5) is 0 Å². The van der Waals surface area contributed by atoms with Crippen molar-refractivity contribution in [1.82, 2.24) is 5.43 Å². The van der Waals surface area contributed by atoms with Gasteiger partial charge >= 0.3 is 0 Å². The molecule has 108 valence electrons. The summed E-state index contributed by atoms with van der Waals surface area (Å²) in [5.74, 6) is 5.66. The molecule has 2 aromatic carbocycles. The molecule has 0 fully saturated rings. The summed E-state index contributed by atoms with van der Waals surface area (Å²) >= 11 is 0. The van der Waals surface area contributed by atoms with Crippen molar-refractivity contribution in [1.29, 1.82) is 0 Å². The fraction of sp³-hybridized carbons (Fsp3) is 0.375. The van der Waals surface area contributed by atoms with Crippen LogP contribution in [-0.4, -0.2) is 26.9 Å². The molecule has 0 saturated heterocycles. The molecule has 0 radical (unpaired) electrons. The van der Waals surface area contributed by atoms with Gasteiger partial charge in [-0.3, -0.25) is 11.3 Å². The molecule has 0 aromatic heterocycles. The van der Waals surface area contributed by atoms with Gasteiger partial charge in [0.25, 0.3) is 0 Å². The number of nitrogens with one attached hydrogen (secondary N) is 1. The number of hydrazine groups is 1. The summed E-state index contributed by atoms with van der Waals surface area (Å²) in [7, 11) is 1.67. The number of benzene rings is 2. The Morgan fingerprint density at radius 2 is 1.85 bits per heavy atom. The predicted molar refractivity (Wildman–Crippen MR) is 81.3 cm³/mol. The molecule has 0 saturated carbocycles. The molecule has 0 spiro atoms. The van der Waals surface area contributed by atoms with Crippen molar-refractivity contribution in [3.05, 3.63) is 48.0 Å². The molecule has 0 aliphatic heterocycles. The standard InChI is InChI=1S/C16H22N2O2/c1-19-10-11-20-9-8-16(18-17)15-7-6-13-4-2-3-5-14(13)12-15/h2-7,12,16,18H,8-11,17H2,1H3. The highest BCUT2D eigenvalue weighted by molar-refractivity contribution is 5.83. The zero-order valence-electron chi connectivity index (χ0n) is 11.8. The average molecular weight is 274 g/mol. The highest BCUT2D eigenvalue weighted by Crippen LogP contribution is 2.22. The third kappa shape index (κ3) is 4.02. The summed E-state index contributed by atoms with van der Waals surface area (Å²) in [6.45, 7) is 1.90. The van der Waals surface area contributed by atoms with Crippen molar-refractivity contribution in [3.8, 4) is 0 Å². The Morgan fingerprint density at radius 1 is 1.05 bits per heavy atom. The summed E-state index contributed by atoms with van der Waals surface area (Å²) in [4.78, 5) is 0. The molecule has 20 heavy (non-hydrogen) atoms. The lowest BCUT2D eigenvalue weighted by atomic mass is 10.0. The number of rotatable bonds is 8. The van der Waals surface area contributed by atoms with E-state index in [0.717, 1.165) is 6.42 Å². The monoisotopic (exact) mass is 274 g/mol. The molecule has 2 rings (SSSR count). The molecule has 4 heteroatoms. The van der Waals surface area contributed by atoms with Crippen LogP contribution >= 0.6 is 0 Å². The maximum Gasteiger partial charge on any atom is 0.0700 e. The molecule has 1 unspecified atom stereocenters. The molecule has 1 atom stereocenters. The Kier molecular flexibility index (Phi) is 5.95. The summed E-state index contributed by atoms with van der Waals surface area (Å²) in [5, 5.41) is 2.47. The second-order valence-electron chi connectivity index (χ2n) is 4.72. The Bertz CT molecular complexity index is 531. The first-order valence-electron chi connectivity index (χ1n) is 6.86. The second kappa shape index (κ2) is 7.97. The summed E-state index contributed by atoms with van der Waals surface area (Å²) < 4.78 is 10.4. The molecular weight excluding hydrogens is 252 g/mol. The largest absolute Gasteiger partial charge is 0.382 e. The van der Waals surface area contributed by atoms with E-state index in [9.17, 15) is 0 Å². The van der Waals surface area contributed by atoms with Crippen LogP contribution in [0.15, 0.2) is 42.5 Å². The summed E-state index contributed by atoms with van der Waals surface area (Å²) in [6.07, 6.45) is 0.832. The van der Waals surface area contributed by atoms with Gasteiger partial charge in [0.2, 0.25) is 0 Å². The number of fused-ring (bicyclic) bond motifs is 1. The lowest BCUT2D eigenvalue weighted by Gasteiger charge is -2.17. The fourth-order valence-corrected chi connectivity index (χ4v) is 2.22. The minimum atomic E-state index is 0.0992. The Morgan fingerprint density at radius 3 is 2.60 bits per heavy atom. The Balaban J connectivity index is 1.98. The Hall–Kier alpha value is -1.46. The van der Waals surface area contributed by atoms with Gasteiger partial charge in [0, 0.05) is 19.8 Å². The highest BCUT2D eigenvalue weighted by Gasteiger charge is 2.09. The number of hydrogen-bond donors (Lipinski definition) is 2. The predicted octanol–water partition coefficient (Wildman–Crippen LogP) is 2.40. The van der Waals surface area contributed by atoms with Gasteiger partial charge in [-0.1, -0.05) is 36.4 Å². The molecule has 0 bridgehead atoms. The number of ether oxygens (including phenoxy) is 2. The van der Waals surface area contributed by atoms with E-state index in [1.807, 2.05) is 12.1 Å². The van der Waals surface area contributed by atoms with Crippen molar-refractivity contribution in [2.24, 2.45) is 5.84 Å². The molecule has 0 aliphatic rings. The minimum Gasteiger partial charge on any atom is -0.382 e. The molecule has 0 heterocycles. The van der Waals surface area contributed by atoms with Gasteiger partial charge in [0.1, 0.15) is 0 Å². The quantitative estimate of drug-likeness (QED) is 0.441. The SMILES string of the molecule is COCCOCCC(NN)c1ccc2ccccc2c1. The van der Waals surface area contributed by atoms with E-state index in [0.29, 0.717) is 19.8 Å². The van der Waals surface area contributed by atoms with Crippen LogP contribution < -0.4 is 11.3 Å². The maximum atomic E-state index is 5.66. The van der Waals surface area contributed by atoms with Crippen molar-refractivity contribution >= 4 is 10.8 Å². The smallest absolute Gasteiger partial charge is 0.0700 e. The summed E-state index contributed by atoms with van der Waals surface area (Å²) in [5.41, 5.74) is 4.04. The van der Waals surface area contributed by atoms with Gasteiger partial charge in [-0.25, -0.2) is 0 Å². The maximum absolute atomic E-state index is 5.66. The zero-order valence-corrected chi connectivity index (χ0v) is 11.8. The van der Waals surface area contributed by atoms with E-state index < -0.39 is 0 Å². The number of methoxy groups -OCH3 is 1. The molecule has 0 amide bonds. The van der Waals surface area contributed by atoms with E-state index in [1.54, 1.807) is 7.11 Å². The van der Waals surface area contributed by atoms with Crippen LogP contribution in [0, 0.1) is 0 Å². The fourth-order valence-electron chi connectivity index (χ4n) is 2.22. The van der Waals surface area contributed by atoms with E-state index >= 15 is 0 Å². The Labute approximate surface area is 119 Å². The van der Waals surface area contributed by atoms with Gasteiger partial charge in [0.15, 0.2) is 0 Å². The van der Waals surface area contributed by atoms with E-state index in [1.165, 1.54) is 16.3 Å². The number of nitrogens with two attached hydrogens (primary N) is 1. The van der Waals surface area contributed by atoms with Gasteiger partial charge in [-0.2, -0.15) is 0 Å². The topological polar surface area (TPSA) is 56.5 Å². The third-order valence-electron chi connectivity index (χ3n) is 3.36. The van der Waals surface area contributed by atoms with Gasteiger partial charge in [0.05, 0.1) is 13.2 Å². The van der Waals surface area contributed by atoms with Gasteiger partial charge < -0.3 is 9.47 Å². The highest BCUT2D eigenvalue weighted by atomic mass is 16.5. The first-order chi connectivity index (χ1) is 9.85. The minimum absolute atomic E-state index is 0.0992. The second-order valence-corrected chi connectivity index (χ2v) is 4.72. The lowest BCUT2D eigenvalue weighted by Crippen LogP contribution is -2.29. The third-order valence-corrected chi connectivity index (χ3v) is 3.36. The van der Waals surface area contributed by atoms with Crippen LogP contribution in [0.1, 0.15) is 18.0 Å². The van der Waals surface area contributed by atoms with Crippen LogP contribution in [0.3, 0.4) is 0 Å². The van der Waals surface area contributed by atoms with Crippen LogP contribution in [0.2, 0.25) is 0 Å². The molecule has 0 aliphatic carbocycles. The first-order valence-corrected chi connectivity index (χ1v) is 6.86. The van der Waals surface area contributed by atoms with Crippen LogP contribution in [0.25, 0.3) is 10.8 Å². The molecule has 3 N–H and O–H groups in total. The van der Waals surface area contributed by atoms with E-state index in [2.05, 4.69) is 35.8 Å². The van der Waals surface area contributed by atoms with Crippen molar-refractivity contribution in [2.75, 3.05) is 26.9 Å². The van der Waals surface area contributed by atoms with Crippen molar-refractivity contribution in [2.45, 2.75) is 12.5 Å².